The van der Waals surface area contributed by atoms with E-state index in [1.54, 1.807) is 44.6 Å². The van der Waals surface area contributed by atoms with Gasteiger partial charge in [0.2, 0.25) is 17.7 Å². The highest BCUT2D eigenvalue weighted by Crippen LogP contribution is 2.42. The number of nitrogens with one attached hydrogen (secondary N) is 3. The van der Waals surface area contributed by atoms with Crippen LogP contribution in [-0.4, -0.2) is 82.6 Å². The standard InChI is InChI=1S/C39H40Cl2FN7O5/c1-48(2)35(52)15-25(50)20-43-17-23-18-45-33-14-22(12-13-49(33)39(23)53)26-6-4-7-27(36(26)40)28-8-5-9-29(37(28)41)32-16-31(42)30(38(47-32)54-3)21-44-19-24-10-11-34(51)46-24/h4-9,12-14,16,18,24-25,43-44,50H,10-11,15,17,19-21H2,1-3H3,(H,46,51)/t24-,25+/m0/s1. The molecule has 54 heavy (non-hydrogen) atoms. The van der Waals surface area contributed by atoms with E-state index in [0.717, 1.165) is 6.42 Å². The number of aromatic nitrogens is 3. The van der Waals surface area contributed by atoms with Crippen molar-refractivity contribution in [3.63, 3.8) is 0 Å². The van der Waals surface area contributed by atoms with Crippen molar-refractivity contribution in [3.05, 3.63) is 104 Å². The fourth-order valence-corrected chi connectivity index (χ4v) is 6.98. The Balaban J connectivity index is 1.22. The summed E-state index contributed by atoms with van der Waals surface area (Å²) >= 11 is 14.1. The molecule has 282 valence electrons. The first kappa shape index (κ1) is 38.8. The SMILES string of the molecule is COc1nc(-c2cccc(-c3cccc(-c4ccn5c(=O)c(CNC[C@H](O)CC(=O)N(C)C)cnc5c4)c3Cl)c2Cl)cc(F)c1CNC[C@@H]1CCC(=O)N1. The molecule has 0 spiro atoms. The molecule has 12 nitrogen and oxygen atoms in total. The van der Waals surface area contributed by atoms with Crippen LogP contribution in [0.5, 0.6) is 5.88 Å². The summed E-state index contributed by atoms with van der Waals surface area (Å²) in [6.07, 6.45) is 3.41. The van der Waals surface area contributed by atoms with E-state index in [-0.39, 0.29) is 66.6 Å². The van der Waals surface area contributed by atoms with Crippen LogP contribution in [0.4, 0.5) is 4.39 Å². The van der Waals surface area contributed by atoms with Crippen LogP contribution in [0.1, 0.15) is 30.4 Å². The molecule has 5 aromatic rings. The molecule has 2 atom stereocenters. The van der Waals surface area contributed by atoms with Crippen molar-refractivity contribution in [3.8, 4) is 39.4 Å². The van der Waals surface area contributed by atoms with Gasteiger partial charge in [-0.15, -0.1) is 0 Å². The Morgan fingerprint density at radius 3 is 2.44 bits per heavy atom. The summed E-state index contributed by atoms with van der Waals surface area (Å²) in [5, 5.41) is 20.0. The molecule has 0 unspecified atom stereocenters. The first-order chi connectivity index (χ1) is 25.9. The van der Waals surface area contributed by atoms with Crippen molar-refractivity contribution in [2.75, 3.05) is 34.3 Å². The van der Waals surface area contributed by atoms with Gasteiger partial charge in [-0.2, -0.15) is 0 Å². The lowest BCUT2D eigenvalue weighted by molar-refractivity contribution is -0.130. The number of hydrogen-bond acceptors (Lipinski definition) is 9. The van der Waals surface area contributed by atoms with E-state index in [9.17, 15) is 19.5 Å². The summed E-state index contributed by atoms with van der Waals surface area (Å²) < 4.78 is 22.5. The van der Waals surface area contributed by atoms with Crippen molar-refractivity contribution in [2.24, 2.45) is 0 Å². The number of ether oxygens (including phenoxy) is 1. The Kier molecular flexibility index (Phi) is 12.2. The second kappa shape index (κ2) is 17.0. The molecule has 0 saturated carbocycles. The van der Waals surface area contributed by atoms with Crippen LogP contribution in [0.3, 0.4) is 0 Å². The molecule has 3 aromatic heterocycles. The second-order valence-electron chi connectivity index (χ2n) is 13.3. The van der Waals surface area contributed by atoms with E-state index in [2.05, 4.69) is 25.9 Å². The number of benzene rings is 2. The van der Waals surface area contributed by atoms with Crippen LogP contribution < -0.4 is 26.2 Å². The molecule has 2 aromatic carbocycles. The van der Waals surface area contributed by atoms with Crippen LogP contribution >= 0.6 is 23.2 Å². The number of nitrogens with zero attached hydrogens (tertiary/aromatic N) is 4. The minimum Gasteiger partial charge on any atom is -0.481 e. The summed E-state index contributed by atoms with van der Waals surface area (Å²) in [5.41, 5.74) is 4.20. The number of aliphatic hydroxyl groups is 1. The van der Waals surface area contributed by atoms with Gasteiger partial charge >= 0.3 is 0 Å². The largest absolute Gasteiger partial charge is 0.481 e. The van der Waals surface area contributed by atoms with Gasteiger partial charge < -0.3 is 30.7 Å². The predicted octanol–water partition coefficient (Wildman–Crippen LogP) is 4.84. The molecule has 1 aliphatic rings. The molecule has 15 heteroatoms. The highest BCUT2D eigenvalue weighted by atomic mass is 35.5. The van der Waals surface area contributed by atoms with Crippen LogP contribution in [0, 0.1) is 5.82 Å². The van der Waals surface area contributed by atoms with Crippen LogP contribution in [0.15, 0.2) is 71.8 Å². The van der Waals surface area contributed by atoms with E-state index in [0.29, 0.717) is 62.0 Å². The number of halogens is 3. The van der Waals surface area contributed by atoms with E-state index in [4.69, 9.17) is 27.9 Å². The zero-order valence-electron chi connectivity index (χ0n) is 30.0. The number of hydrogen-bond donors (Lipinski definition) is 4. The van der Waals surface area contributed by atoms with Crippen LogP contribution in [-0.2, 0) is 22.7 Å². The first-order valence-electron chi connectivity index (χ1n) is 17.4. The lowest BCUT2D eigenvalue weighted by Crippen LogP contribution is -2.35. The maximum absolute atomic E-state index is 15.6. The molecular formula is C39H40Cl2FN7O5. The van der Waals surface area contributed by atoms with Gasteiger partial charge in [-0.25, -0.2) is 14.4 Å². The molecule has 0 radical (unpaired) electrons. The fraction of sp³-hybridized carbons (Fsp3) is 0.308. The van der Waals surface area contributed by atoms with Gasteiger partial charge in [0.05, 0.1) is 40.9 Å². The summed E-state index contributed by atoms with van der Waals surface area (Å²) in [7, 11) is 4.67. The van der Waals surface area contributed by atoms with Gasteiger partial charge in [-0.05, 0) is 24.1 Å². The van der Waals surface area contributed by atoms with E-state index < -0.39 is 11.9 Å². The third kappa shape index (κ3) is 8.56. The summed E-state index contributed by atoms with van der Waals surface area (Å²) in [4.78, 5) is 47.1. The number of amides is 2. The molecule has 1 saturated heterocycles. The van der Waals surface area contributed by atoms with Gasteiger partial charge in [0.15, 0.2) is 0 Å². The van der Waals surface area contributed by atoms with E-state index in [1.165, 1.54) is 28.7 Å². The topological polar surface area (TPSA) is 150 Å². The number of carbonyl (C=O) groups is 2. The van der Waals surface area contributed by atoms with Gasteiger partial charge in [0.1, 0.15) is 11.5 Å². The molecular weight excluding hydrogens is 736 g/mol. The van der Waals surface area contributed by atoms with Crippen molar-refractivity contribution < 1.29 is 23.8 Å². The predicted molar refractivity (Wildman–Crippen MR) is 206 cm³/mol. The minimum atomic E-state index is -0.890. The maximum Gasteiger partial charge on any atom is 0.262 e. The fourth-order valence-electron chi connectivity index (χ4n) is 6.32. The zero-order valence-corrected chi connectivity index (χ0v) is 31.5. The number of pyridine rings is 2. The quantitative estimate of drug-likeness (QED) is 0.124. The normalized spacial score (nSPS) is 14.6. The molecule has 1 fully saturated rings. The van der Waals surface area contributed by atoms with Gasteiger partial charge in [0.25, 0.3) is 5.56 Å². The van der Waals surface area contributed by atoms with Gasteiger partial charge in [0, 0.05) is 99.0 Å². The zero-order chi connectivity index (χ0) is 38.5. The first-order valence-corrected chi connectivity index (χ1v) is 18.1. The van der Waals surface area contributed by atoms with Crippen molar-refractivity contribution in [1.82, 2.24) is 35.2 Å². The number of carbonyl (C=O) groups excluding carboxylic acids is 2. The van der Waals surface area contributed by atoms with Crippen molar-refractivity contribution in [2.45, 2.75) is 44.5 Å². The lowest BCUT2D eigenvalue weighted by Gasteiger charge is -2.16. The van der Waals surface area contributed by atoms with E-state index in [1.807, 2.05) is 24.3 Å². The molecule has 0 bridgehead atoms. The van der Waals surface area contributed by atoms with Crippen LogP contribution in [0.2, 0.25) is 10.0 Å². The lowest BCUT2D eigenvalue weighted by atomic mass is 9.97. The summed E-state index contributed by atoms with van der Waals surface area (Å²) in [6, 6.07) is 15.7. The average molecular weight is 777 g/mol. The third-order valence-electron chi connectivity index (χ3n) is 9.26. The molecule has 2 amide bonds. The second-order valence-corrected chi connectivity index (χ2v) is 14.0. The number of rotatable bonds is 14. The minimum absolute atomic E-state index is 0.00408. The molecule has 4 N–H and O–H groups in total. The van der Waals surface area contributed by atoms with Crippen LogP contribution in [0.25, 0.3) is 39.2 Å². The Hall–Kier alpha value is -4.92. The summed E-state index contributed by atoms with van der Waals surface area (Å²) in [6.45, 7) is 0.954. The van der Waals surface area contributed by atoms with E-state index >= 15 is 4.39 Å². The average Bonchev–Trinajstić information content (AvgIpc) is 3.57. The smallest absolute Gasteiger partial charge is 0.262 e. The molecule has 6 rings (SSSR count). The Bertz CT molecular complexity index is 2270. The monoisotopic (exact) mass is 775 g/mol. The van der Waals surface area contributed by atoms with Crippen molar-refractivity contribution >= 4 is 40.7 Å². The molecule has 0 aliphatic carbocycles. The van der Waals surface area contributed by atoms with Gasteiger partial charge in [-0.3, -0.25) is 18.8 Å². The Morgan fingerprint density at radius 2 is 1.76 bits per heavy atom. The van der Waals surface area contributed by atoms with Crippen molar-refractivity contribution in [1.29, 1.82) is 0 Å². The highest BCUT2D eigenvalue weighted by molar-refractivity contribution is 6.39. The number of fused-ring (bicyclic) bond motifs is 1. The maximum atomic E-state index is 15.6. The molecule has 4 heterocycles. The highest BCUT2D eigenvalue weighted by Gasteiger charge is 2.22. The number of aliphatic hydroxyl groups excluding tert-OH is 1. The number of methoxy groups -OCH3 is 1. The third-order valence-corrected chi connectivity index (χ3v) is 10.1. The Morgan fingerprint density at radius 1 is 1.06 bits per heavy atom. The Labute approximate surface area is 321 Å². The summed E-state index contributed by atoms with van der Waals surface area (Å²) in [5.74, 6) is -0.571. The van der Waals surface area contributed by atoms with Gasteiger partial charge in [-0.1, -0.05) is 59.6 Å². The molecule has 1 aliphatic heterocycles.